The number of ether oxygens (including phenoxy) is 1. The number of aliphatic imine (C=N–C) groups is 1. The van der Waals surface area contributed by atoms with E-state index < -0.39 is 5.97 Å². The van der Waals surface area contributed by atoms with Gasteiger partial charge in [0.05, 0.1) is 19.1 Å². The Hall–Kier alpha value is -1.63. The Bertz CT molecular complexity index is 626. The van der Waals surface area contributed by atoms with Crippen LogP contribution in [0.3, 0.4) is 0 Å². The Labute approximate surface area is 125 Å². The number of amidine groups is 1. The molecular formula is C14H14N2O4S. The first-order valence-corrected chi connectivity index (χ1v) is 7.85. The van der Waals surface area contributed by atoms with Crippen molar-refractivity contribution in [2.75, 3.05) is 7.11 Å². The molecular weight excluding hydrogens is 292 g/mol. The minimum Gasteiger partial charge on any atom is -0.465 e. The predicted octanol–water partition coefficient (Wildman–Crippen LogP) is 0.930. The molecule has 4 aliphatic rings. The van der Waals surface area contributed by atoms with Gasteiger partial charge in [-0.3, -0.25) is 14.5 Å². The number of amides is 2. The number of rotatable bonds is 1. The van der Waals surface area contributed by atoms with Crippen molar-refractivity contribution in [3.63, 3.8) is 0 Å². The molecule has 2 aliphatic carbocycles. The van der Waals surface area contributed by atoms with E-state index in [0.29, 0.717) is 17.0 Å². The molecule has 0 aromatic carbocycles. The van der Waals surface area contributed by atoms with Crippen LogP contribution in [0.25, 0.3) is 0 Å². The highest BCUT2D eigenvalue weighted by Crippen LogP contribution is 2.53. The molecule has 110 valence electrons. The summed E-state index contributed by atoms with van der Waals surface area (Å²) in [7, 11) is 1.26. The zero-order valence-corrected chi connectivity index (χ0v) is 12.3. The molecule has 2 bridgehead atoms. The standard InChI is InChI=1S/C14H14N2O4S/c1-20-13(19)8-5-9(17)16-11-7-3-2-6(4-7)10(11)12(18)15-14(16)21-8/h5-7,10-11H,2-4H2,1H3/t6-,7+,10-,11+/m0/s1. The summed E-state index contributed by atoms with van der Waals surface area (Å²) in [6, 6.07) is -0.0702. The number of hydrogen-bond donors (Lipinski definition) is 0. The first-order valence-electron chi connectivity index (χ1n) is 7.03. The van der Waals surface area contributed by atoms with E-state index in [1.165, 1.54) is 13.2 Å². The summed E-state index contributed by atoms with van der Waals surface area (Å²) in [5.74, 6) is -0.371. The van der Waals surface area contributed by atoms with Gasteiger partial charge in [-0.2, -0.15) is 4.99 Å². The van der Waals surface area contributed by atoms with Crippen LogP contribution in [0.15, 0.2) is 16.0 Å². The Balaban J connectivity index is 1.74. The molecule has 0 N–H and O–H groups in total. The highest BCUT2D eigenvalue weighted by molar-refractivity contribution is 8.18. The highest BCUT2D eigenvalue weighted by atomic mass is 32.2. The second-order valence-corrected chi connectivity index (χ2v) is 6.90. The van der Waals surface area contributed by atoms with Crippen molar-refractivity contribution >= 4 is 34.7 Å². The largest absolute Gasteiger partial charge is 0.465 e. The SMILES string of the molecule is COC(=O)C1=CC(=O)N2C(=NC(=O)[C@H]3[C@H]4CC[C@H](C4)[C@H]32)S1. The molecule has 6 nitrogen and oxygen atoms in total. The molecule has 7 heteroatoms. The topological polar surface area (TPSA) is 76.0 Å². The lowest BCUT2D eigenvalue weighted by Crippen LogP contribution is -2.55. The van der Waals surface area contributed by atoms with Crippen LogP contribution in [0.2, 0.25) is 0 Å². The number of carbonyl (C=O) groups is 3. The summed E-state index contributed by atoms with van der Waals surface area (Å²) in [5, 5.41) is 0.335. The lowest BCUT2D eigenvalue weighted by molar-refractivity contribution is -0.136. The molecule has 4 atom stereocenters. The van der Waals surface area contributed by atoms with Gasteiger partial charge in [0.15, 0.2) is 5.17 Å². The number of thioether (sulfide) groups is 1. The lowest BCUT2D eigenvalue weighted by Gasteiger charge is -2.42. The fourth-order valence-corrected chi connectivity index (χ4v) is 5.12. The van der Waals surface area contributed by atoms with Gasteiger partial charge in [-0.25, -0.2) is 4.79 Å². The molecule has 2 fully saturated rings. The smallest absolute Gasteiger partial charge is 0.345 e. The van der Waals surface area contributed by atoms with Gasteiger partial charge in [0.2, 0.25) is 0 Å². The van der Waals surface area contributed by atoms with E-state index in [2.05, 4.69) is 9.73 Å². The van der Waals surface area contributed by atoms with Crippen molar-refractivity contribution in [3.05, 3.63) is 11.0 Å². The van der Waals surface area contributed by atoms with E-state index in [0.717, 1.165) is 31.0 Å². The number of hydrogen-bond acceptors (Lipinski definition) is 5. The van der Waals surface area contributed by atoms with E-state index in [-0.39, 0.29) is 28.7 Å². The van der Waals surface area contributed by atoms with Gasteiger partial charge in [-0.1, -0.05) is 0 Å². The molecule has 0 saturated heterocycles. The van der Waals surface area contributed by atoms with Gasteiger partial charge < -0.3 is 4.74 Å². The quantitative estimate of drug-likeness (QED) is 0.674. The summed E-state index contributed by atoms with van der Waals surface area (Å²) in [6.07, 6.45) is 4.43. The van der Waals surface area contributed by atoms with Gasteiger partial charge in [-0.15, -0.1) is 0 Å². The molecule has 0 radical (unpaired) electrons. The molecule has 0 spiro atoms. The maximum atomic E-state index is 12.4. The van der Waals surface area contributed by atoms with E-state index in [9.17, 15) is 14.4 Å². The number of esters is 1. The van der Waals surface area contributed by atoms with E-state index >= 15 is 0 Å². The van der Waals surface area contributed by atoms with Crippen molar-refractivity contribution in [3.8, 4) is 0 Å². The zero-order chi connectivity index (χ0) is 14.7. The third-order valence-electron chi connectivity index (χ3n) is 4.95. The number of methoxy groups -OCH3 is 1. The van der Waals surface area contributed by atoms with Gasteiger partial charge in [-0.05, 0) is 42.9 Å². The van der Waals surface area contributed by atoms with E-state index in [4.69, 9.17) is 0 Å². The van der Waals surface area contributed by atoms with Crippen molar-refractivity contribution in [2.45, 2.75) is 25.3 Å². The summed E-state index contributed by atoms with van der Waals surface area (Å²) in [4.78, 5) is 42.2. The Morgan fingerprint density at radius 1 is 1.38 bits per heavy atom. The fourth-order valence-electron chi connectivity index (χ4n) is 4.15. The molecule has 0 aromatic rings. The molecule has 0 unspecified atom stereocenters. The summed E-state index contributed by atoms with van der Waals surface area (Å²) in [6.45, 7) is 0. The van der Waals surface area contributed by atoms with Crippen LogP contribution >= 0.6 is 11.8 Å². The van der Waals surface area contributed by atoms with Crippen molar-refractivity contribution in [1.82, 2.24) is 4.90 Å². The third kappa shape index (κ3) is 1.73. The van der Waals surface area contributed by atoms with Crippen LogP contribution in [0.5, 0.6) is 0 Å². The average Bonchev–Trinajstić information content (AvgIpc) is 3.07. The summed E-state index contributed by atoms with van der Waals surface area (Å²) < 4.78 is 4.64. The van der Waals surface area contributed by atoms with Crippen LogP contribution in [-0.2, 0) is 19.1 Å². The molecule has 21 heavy (non-hydrogen) atoms. The number of fused-ring (bicyclic) bond motifs is 7. The first kappa shape index (κ1) is 13.1. The van der Waals surface area contributed by atoms with Crippen LogP contribution in [0.1, 0.15) is 19.3 Å². The molecule has 4 rings (SSSR count). The van der Waals surface area contributed by atoms with Crippen LogP contribution < -0.4 is 0 Å². The molecule has 2 saturated carbocycles. The van der Waals surface area contributed by atoms with Crippen LogP contribution in [0, 0.1) is 17.8 Å². The predicted molar refractivity (Wildman–Crippen MR) is 75.1 cm³/mol. The fraction of sp³-hybridized carbons (Fsp3) is 0.571. The van der Waals surface area contributed by atoms with E-state index in [1.807, 2.05) is 0 Å². The van der Waals surface area contributed by atoms with Crippen LogP contribution in [-0.4, -0.2) is 41.0 Å². The first-order chi connectivity index (χ1) is 10.1. The van der Waals surface area contributed by atoms with Gasteiger partial charge in [0.25, 0.3) is 11.8 Å². The van der Waals surface area contributed by atoms with Gasteiger partial charge in [0, 0.05) is 6.08 Å². The lowest BCUT2D eigenvalue weighted by atomic mass is 9.82. The molecule has 2 heterocycles. The average molecular weight is 306 g/mol. The van der Waals surface area contributed by atoms with Crippen molar-refractivity contribution < 1.29 is 19.1 Å². The third-order valence-corrected chi connectivity index (χ3v) is 5.92. The van der Waals surface area contributed by atoms with Crippen LogP contribution in [0.4, 0.5) is 0 Å². The summed E-state index contributed by atoms with van der Waals surface area (Å²) >= 11 is 1.05. The van der Waals surface area contributed by atoms with Crippen molar-refractivity contribution in [1.29, 1.82) is 0 Å². The number of carbonyl (C=O) groups excluding carboxylic acids is 3. The normalized spacial score (nSPS) is 36.9. The molecule has 0 aromatic heterocycles. The monoisotopic (exact) mass is 306 g/mol. The maximum absolute atomic E-state index is 12.4. The van der Waals surface area contributed by atoms with E-state index in [1.54, 1.807) is 4.90 Å². The van der Waals surface area contributed by atoms with Gasteiger partial charge in [0.1, 0.15) is 4.91 Å². The molecule has 2 amide bonds. The second kappa shape index (κ2) is 4.43. The zero-order valence-electron chi connectivity index (χ0n) is 11.4. The Kier molecular flexibility index (Phi) is 2.76. The van der Waals surface area contributed by atoms with Gasteiger partial charge >= 0.3 is 5.97 Å². The maximum Gasteiger partial charge on any atom is 0.345 e. The van der Waals surface area contributed by atoms with Crippen molar-refractivity contribution in [2.24, 2.45) is 22.7 Å². The minimum atomic E-state index is -0.571. The minimum absolute atomic E-state index is 0.0702. The highest BCUT2D eigenvalue weighted by Gasteiger charge is 2.57. The summed E-state index contributed by atoms with van der Waals surface area (Å²) in [5.41, 5.74) is 0. The Morgan fingerprint density at radius 2 is 2.14 bits per heavy atom. The number of nitrogens with zero attached hydrogens (tertiary/aromatic N) is 2. The Morgan fingerprint density at radius 3 is 2.90 bits per heavy atom. The second-order valence-electron chi connectivity index (χ2n) is 5.89. The molecule has 2 aliphatic heterocycles.